The van der Waals surface area contributed by atoms with E-state index in [1.807, 2.05) is 13.8 Å². The summed E-state index contributed by atoms with van der Waals surface area (Å²) in [5.74, 6) is -1.10. The maximum Gasteiger partial charge on any atom is 0.303 e. The van der Waals surface area contributed by atoms with Crippen LogP contribution in [0.5, 0.6) is 0 Å². The predicted octanol–water partition coefficient (Wildman–Crippen LogP) is 5.52. The van der Waals surface area contributed by atoms with E-state index in [2.05, 4.69) is 27.7 Å². The highest BCUT2D eigenvalue weighted by Crippen LogP contribution is 2.74. The summed E-state index contributed by atoms with van der Waals surface area (Å²) >= 11 is 0. The highest BCUT2D eigenvalue weighted by Gasteiger charge is 2.69. The quantitative estimate of drug-likeness (QED) is 0.377. The number of carboxylic acids is 1. The van der Waals surface area contributed by atoms with Crippen LogP contribution in [-0.2, 0) is 9.53 Å². The third kappa shape index (κ3) is 3.99. The van der Waals surface area contributed by atoms with Crippen LogP contribution in [0.25, 0.3) is 0 Å². The Bertz CT molecular complexity index is 874. The number of aliphatic hydroxyl groups is 3. The Kier molecular flexibility index (Phi) is 6.61. The van der Waals surface area contributed by atoms with E-state index in [1.165, 1.54) is 0 Å². The van der Waals surface area contributed by atoms with Gasteiger partial charge in [0.15, 0.2) is 5.79 Å². The molecule has 0 aromatic heterocycles. The molecule has 3 saturated carbocycles. The highest BCUT2D eigenvalue weighted by atomic mass is 16.7. The number of hydrogen-bond donors (Lipinski definition) is 4. The molecule has 1 saturated heterocycles. The van der Waals surface area contributed by atoms with Gasteiger partial charge in [0.05, 0.1) is 11.2 Å². The van der Waals surface area contributed by atoms with Gasteiger partial charge in [-0.15, -0.1) is 0 Å². The maximum absolute atomic E-state index is 11.7. The van der Waals surface area contributed by atoms with E-state index in [0.717, 1.165) is 44.9 Å². The summed E-state index contributed by atoms with van der Waals surface area (Å²) in [7, 11) is 0. The van der Waals surface area contributed by atoms with Crippen molar-refractivity contribution >= 4 is 5.97 Å². The smallest absolute Gasteiger partial charge is 0.303 e. The standard InChI is InChI=1S/C30H52O6/c1-24(2,33)21-12-16-28(7)22(26(21,5)14-13-23(31)32)10-9-19-20(11-15-27(19,28)6)29(8)17-18-30(35,36-29)25(3,4)34/h19-22,33-35H,9-18H2,1-8H3,(H,31,32)/t19-,20+,21+,22-,26+,27-,28-,29+,30?/m1/s1. The predicted molar refractivity (Wildman–Crippen MR) is 139 cm³/mol. The van der Waals surface area contributed by atoms with Crippen LogP contribution in [0.15, 0.2) is 0 Å². The first-order chi connectivity index (χ1) is 16.2. The van der Waals surface area contributed by atoms with E-state index in [9.17, 15) is 25.2 Å². The monoisotopic (exact) mass is 508 g/mol. The molecular formula is C30H52O6. The SMILES string of the molecule is CC(C)(O)[C@@H]1CC[C@]2(C)[C@H](CC[C@@H]3[C@@H]([C@]4(C)CCC(O)(C(C)(C)O)O4)CC[C@]32C)[C@@]1(C)CCC(=O)O. The van der Waals surface area contributed by atoms with E-state index in [-0.39, 0.29) is 28.6 Å². The van der Waals surface area contributed by atoms with Crippen LogP contribution in [0, 0.1) is 39.9 Å². The van der Waals surface area contributed by atoms with Gasteiger partial charge in [0.25, 0.3) is 0 Å². The number of aliphatic carboxylic acids is 1. The topological polar surface area (TPSA) is 107 Å². The Balaban J connectivity index is 1.67. The summed E-state index contributed by atoms with van der Waals surface area (Å²) in [4.78, 5) is 11.7. The molecule has 9 atom stereocenters. The molecule has 0 aromatic rings. The summed E-state index contributed by atoms with van der Waals surface area (Å²) in [6.45, 7) is 16.4. The van der Waals surface area contributed by atoms with Crippen molar-refractivity contribution in [2.75, 3.05) is 0 Å². The van der Waals surface area contributed by atoms with Crippen molar-refractivity contribution in [1.29, 1.82) is 0 Å². The summed E-state index contributed by atoms with van der Waals surface area (Å²) in [5.41, 5.74) is -2.77. The zero-order chi connectivity index (χ0) is 27.2. The molecule has 6 heteroatoms. The van der Waals surface area contributed by atoms with Gasteiger partial charge in [-0.25, -0.2) is 0 Å². The molecule has 4 rings (SSSR count). The first kappa shape index (κ1) is 28.3. The number of carboxylic acid groups (broad SMARTS) is 1. The maximum atomic E-state index is 11.7. The molecule has 3 aliphatic carbocycles. The van der Waals surface area contributed by atoms with Crippen molar-refractivity contribution in [1.82, 2.24) is 0 Å². The third-order valence-corrected chi connectivity index (χ3v) is 12.5. The van der Waals surface area contributed by atoms with Crippen LogP contribution in [-0.4, -0.2) is 49.0 Å². The molecular weight excluding hydrogens is 456 g/mol. The van der Waals surface area contributed by atoms with Crippen molar-refractivity contribution in [2.45, 2.75) is 142 Å². The fourth-order valence-corrected chi connectivity index (χ4v) is 10.3. The first-order valence-corrected chi connectivity index (χ1v) is 14.3. The van der Waals surface area contributed by atoms with Crippen LogP contribution >= 0.6 is 0 Å². The van der Waals surface area contributed by atoms with Gasteiger partial charge in [-0.3, -0.25) is 4.79 Å². The fourth-order valence-electron chi connectivity index (χ4n) is 10.3. The second-order valence-electron chi connectivity index (χ2n) is 15.1. The number of ether oxygens (including phenoxy) is 1. The van der Waals surface area contributed by atoms with Gasteiger partial charge in [-0.2, -0.15) is 0 Å². The Labute approximate surface area is 218 Å². The lowest BCUT2D eigenvalue weighted by Crippen LogP contribution is -2.62. The van der Waals surface area contributed by atoms with Gasteiger partial charge >= 0.3 is 5.97 Å². The first-order valence-electron chi connectivity index (χ1n) is 14.3. The molecule has 208 valence electrons. The molecule has 36 heavy (non-hydrogen) atoms. The van der Waals surface area contributed by atoms with Gasteiger partial charge in [0, 0.05) is 12.8 Å². The van der Waals surface area contributed by atoms with Crippen molar-refractivity contribution in [3.05, 3.63) is 0 Å². The van der Waals surface area contributed by atoms with Crippen molar-refractivity contribution < 1.29 is 30.0 Å². The molecule has 0 amide bonds. The van der Waals surface area contributed by atoms with Gasteiger partial charge in [0.1, 0.15) is 5.60 Å². The fraction of sp³-hybridized carbons (Fsp3) is 0.967. The molecule has 4 N–H and O–H groups in total. The van der Waals surface area contributed by atoms with Gasteiger partial charge < -0.3 is 25.2 Å². The van der Waals surface area contributed by atoms with Crippen LogP contribution in [0.4, 0.5) is 0 Å². The van der Waals surface area contributed by atoms with E-state index in [0.29, 0.717) is 30.6 Å². The van der Waals surface area contributed by atoms with Crippen LogP contribution in [0.3, 0.4) is 0 Å². The molecule has 0 radical (unpaired) electrons. The number of fused-ring (bicyclic) bond motifs is 3. The van der Waals surface area contributed by atoms with Crippen LogP contribution in [0.2, 0.25) is 0 Å². The van der Waals surface area contributed by atoms with Crippen LogP contribution < -0.4 is 0 Å². The largest absolute Gasteiger partial charge is 0.481 e. The minimum atomic E-state index is -1.53. The minimum Gasteiger partial charge on any atom is -0.481 e. The van der Waals surface area contributed by atoms with E-state index in [4.69, 9.17) is 4.74 Å². The molecule has 1 aliphatic heterocycles. The average molecular weight is 509 g/mol. The van der Waals surface area contributed by atoms with Crippen molar-refractivity contribution in [3.8, 4) is 0 Å². The number of hydrogen-bond acceptors (Lipinski definition) is 5. The Morgan fingerprint density at radius 2 is 1.47 bits per heavy atom. The number of rotatable bonds is 6. The average Bonchev–Trinajstić information content (AvgIpc) is 3.25. The van der Waals surface area contributed by atoms with E-state index < -0.39 is 28.6 Å². The lowest BCUT2D eigenvalue weighted by molar-refractivity contribution is -0.306. The van der Waals surface area contributed by atoms with E-state index in [1.54, 1.807) is 13.8 Å². The summed E-state index contributed by atoms with van der Waals surface area (Å²) in [6, 6.07) is 0. The zero-order valence-corrected chi connectivity index (χ0v) is 24.0. The lowest BCUT2D eigenvalue weighted by atomic mass is 9.37. The molecule has 0 spiro atoms. The third-order valence-electron chi connectivity index (χ3n) is 12.5. The molecule has 1 heterocycles. The highest BCUT2D eigenvalue weighted by molar-refractivity contribution is 5.66. The molecule has 6 nitrogen and oxygen atoms in total. The van der Waals surface area contributed by atoms with Crippen molar-refractivity contribution in [3.63, 3.8) is 0 Å². The second kappa shape index (κ2) is 8.40. The molecule has 0 bridgehead atoms. The van der Waals surface area contributed by atoms with Gasteiger partial charge in [-0.05, 0) is 126 Å². The lowest BCUT2D eigenvalue weighted by Gasteiger charge is -2.67. The van der Waals surface area contributed by atoms with Gasteiger partial charge in [0.2, 0.25) is 0 Å². The minimum absolute atomic E-state index is 0.0428. The summed E-state index contributed by atoms with van der Waals surface area (Å²) in [5, 5.41) is 42.6. The van der Waals surface area contributed by atoms with Crippen molar-refractivity contribution in [2.24, 2.45) is 39.9 Å². The summed E-state index contributed by atoms with van der Waals surface area (Å²) in [6.07, 6.45) is 8.09. The molecule has 0 aromatic carbocycles. The zero-order valence-electron chi connectivity index (χ0n) is 24.0. The molecule has 1 unspecified atom stereocenters. The Morgan fingerprint density at radius 1 is 0.861 bits per heavy atom. The van der Waals surface area contributed by atoms with E-state index >= 15 is 0 Å². The second-order valence-corrected chi connectivity index (χ2v) is 15.1. The number of carbonyl (C=O) groups is 1. The van der Waals surface area contributed by atoms with Gasteiger partial charge in [-0.1, -0.05) is 20.8 Å². The molecule has 4 fully saturated rings. The Hall–Kier alpha value is -0.690. The molecule has 4 aliphatic rings. The summed E-state index contributed by atoms with van der Waals surface area (Å²) < 4.78 is 6.42. The van der Waals surface area contributed by atoms with Crippen LogP contribution in [0.1, 0.15) is 120 Å². The Morgan fingerprint density at radius 3 is 2.00 bits per heavy atom. The normalized spacial score (nSPS) is 49.5.